The number of rotatable bonds is 1. The van der Waals surface area contributed by atoms with Gasteiger partial charge in [0.15, 0.2) is 0 Å². The van der Waals surface area contributed by atoms with Gasteiger partial charge in [-0.05, 0) is 12.1 Å². The van der Waals surface area contributed by atoms with E-state index in [2.05, 4.69) is 6.07 Å². The molecular formula is C11H9ClOZn. The Morgan fingerprint density at radius 3 is 2.71 bits per heavy atom. The Kier molecular flexibility index (Phi) is 4.93. The predicted molar refractivity (Wildman–Crippen MR) is 55.2 cm³/mol. The van der Waals surface area contributed by atoms with Crippen LogP contribution >= 0.6 is 9.69 Å². The van der Waals surface area contributed by atoms with Crippen molar-refractivity contribution in [1.82, 2.24) is 0 Å². The third kappa shape index (κ3) is 2.70. The van der Waals surface area contributed by atoms with Gasteiger partial charge in [0.1, 0.15) is 5.75 Å². The zero-order valence-electron chi connectivity index (χ0n) is 7.96. The van der Waals surface area contributed by atoms with Gasteiger partial charge in [-0.25, -0.2) is 0 Å². The molecule has 68 valence electrons. The summed E-state index contributed by atoms with van der Waals surface area (Å²) in [5, 5.41) is 2.38. The van der Waals surface area contributed by atoms with Gasteiger partial charge in [-0.1, -0.05) is 0 Å². The van der Waals surface area contributed by atoms with Gasteiger partial charge in [0, 0.05) is 0 Å². The summed E-state index contributed by atoms with van der Waals surface area (Å²) in [5.41, 5.74) is 0. The van der Waals surface area contributed by atoms with Crippen molar-refractivity contribution >= 4 is 20.5 Å². The number of hydrogen-bond donors (Lipinski definition) is 0. The van der Waals surface area contributed by atoms with E-state index < -0.39 is 0 Å². The van der Waals surface area contributed by atoms with Crippen LogP contribution < -0.4 is 4.74 Å². The maximum atomic E-state index is 5.11. The van der Waals surface area contributed by atoms with Crippen molar-refractivity contribution in [2.75, 3.05) is 7.11 Å². The molecule has 0 bridgehead atoms. The first-order chi connectivity index (χ1) is 6.90. The van der Waals surface area contributed by atoms with Crippen LogP contribution in [-0.2, 0) is 17.3 Å². The molecule has 0 unspecified atom stereocenters. The zero-order valence-corrected chi connectivity index (χ0v) is 11.7. The van der Waals surface area contributed by atoms with Gasteiger partial charge in [-0.3, -0.25) is 0 Å². The first kappa shape index (κ1) is 11.5. The molecule has 0 saturated carbocycles. The monoisotopic (exact) mass is 256 g/mol. The average molecular weight is 258 g/mol. The van der Waals surface area contributed by atoms with Crippen LogP contribution in [0, 0.1) is 6.07 Å². The Balaban J connectivity index is 0.000000461. The first-order valence-electron chi connectivity index (χ1n) is 4.11. The third-order valence-electron chi connectivity index (χ3n) is 1.89. The molecule has 3 heteroatoms. The van der Waals surface area contributed by atoms with E-state index in [1.165, 1.54) is 10.8 Å². The molecule has 14 heavy (non-hydrogen) atoms. The minimum atomic E-state index is 0.847. The molecule has 0 atom stereocenters. The molecule has 2 aromatic carbocycles. The van der Waals surface area contributed by atoms with Crippen LogP contribution in [0.2, 0.25) is 0 Å². The topological polar surface area (TPSA) is 9.23 Å². The van der Waals surface area contributed by atoms with E-state index in [1.807, 2.05) is 36.4 Å². The molecular weight excluding hydrogens is 249 g/mol. The molecule has 0 N–H and O–H groups in total. The van der Waals surface area contributed by atoms with Gasteiger partial charge in [0.05, 0.1) is 7.11 Å². The van der Waals surface area contributed by atoms with Crippen LogP contribution in [0.1, 0.15) is 0 Å². The van der Waals surface area contributed by atoms with E-state index in [0.29, 0.717) is 0 Å². The normalized spacial score (nSPS) is 9.14. The summed E-state index contributed by atoms with van der Waals surface area (Å²) in [6, 6.07) is 14.9. The van der Waals surface area contributed by atoms with E-state index in [-0.39, 0.29) is 0 Å². The van der Waals surface area contributed by atoms with Crippen LogP contribution in [0.15, 0.2) is 36.4 Å². The molecule has 2 rings (SSSR count). The second kappa shape index (κ2) is 6.00. The van der Waals surface area contributed by atoms with Crippen LogP contribution in [0.5, 0.6) is 5.75 Å². The van der Waals surface area contributed by atoms with Crippen molar-refractivity contribution in [3.05, 3.63) is 42.5 Å². The van der Waals surface area contributed by atoms with Gasteiger partial charge in [-0.15, -0.1) is 16.8 Å². The van der Waals surface area contributed by atoms with Crippen LogP contribution in [-0.4, -0.2) is 7.11 Å². The molecule has 0 heterocycles. The van der Waals surface area contributed by atoms with E-state index in [4.69, 9.17) is 14.4 Å². The van der Waals surface area contributed by atoms with Gasteiger partial charge < -0.3 is 4.74 Å². The number of ether oxygens (including phenoxy) is 1. The second-order valence-electron chi connectivity index (χ2n) is 2.64. The number of methoxy groups -OCH3 is 1. The number of benzene rings is 2. The van der Waals surface area contributed by atoms with Crippen molar-refractivity contribution in [1.29, 1.82) is 0 Å². The van der Waals surface area contributed by atoms with Gasteiger partial charge >= 0.3 is 27.0 Å². The SMILES string of the molecule is COc1ccc2c[c-]ccc2c1.[Cl][Zn+]. The van der Waals surface area contributed by atoms with Gasteiger partial charge in [0.25, 0.3) is 0 Å². The molecule has 0 radical (unpaired) electrons. The number of fused-ring (bicyclic) bond motifs is 1. The Hall–Kier alpha value is -0.587. The molecule has 0 amide bonds. The molecule has 0 spiro atoms. The Morgan fingerprint density at radius 2 is 2.00 bits per heavy atom. The minimum absolute atomic E-state index is 0.847. The fourth-order valence-corrected chi connectivity index (χ4v) is 1.23. The molecule has 2 aromatic rings. The predicted octanol–water partition coefficient (Wildman–Crippen LogP) is 3.34. The molecule has 0 saturated heterocycles. The first-order valence-corrected chi connectivity index (χ1v) is 8.00. The van der Waals surface area contributed by atoms with E-state index in [1.54, 1.807) is 7.11 Å². The van der Waals surface area contributed by atoms with Crippen molar-refractivity contribution in [2.24, 2.45) is 0 Å². The second-order valence-corrected chi connectivity index (χ2v) is 2.64. The average Bonchev–Trinajstić information content (AvgIpc) is 2.31. The van der Waals surface area contributed by atoms with E-state index in [9.17, 15) is 0 Å². The Labute approximate surface area is 97.7 Å². The summed E-state index contributed by atoms with van der Waals surface area (Å²) >= 11 is 0.847. The van der Waals surface area contributed by atoms with Gasteiger partial charge in [-0.2, -0.15) is 24.3 Å². The van der Waals surface area contributed by atoms with Crippen LogP contribution in [0.4, 0.5) is 0 Å². The Morgan fingerprint density at radius 1 is 1.21 bits per heavy atom. The quantitative estimate of drug-likeness (QED) is 0.563. The molecule has 0 aliphatic carbocycles. The summed E-state index contributed by atoms with van der Waals surface area (Å²) in [4.78, 5) is 0. The summed E-state index contributed by atoms with van der Waals surface area (Å²) < 4.78 is 5.11. The van der Waals surface area contributed by atoms with Crippen molar-refractivity contribution in [3.63, 3.8) is 0 Å². The fraction of sp³-hybridized carbons (Fsp3) is 0.0909. The van der Waals surface area contributed by atoms with Crippen LogP contribution in [0.25, 0.3) is 10.8 Å². The van der Waals surface area contributed by atoms with Gasteiger partial charge in [0.2, 0.25) is 0 Å². The zero-order chi connectivity index (χ0) is 10.4. The summed E-state index contributed by atoms with van der Waals surface area (Å²) in [6.45, 7) is 0. The van der Waals surface area contributed by atoms with Crippen molar-refractivity contribution in [3.8, 4) is 5.75 Å². The van der Waals surface area contributed by atoms with Crippen molar-refractivity contribution < 1.29 is 22.0 Å². The summed E-state index contributed by atoms with van der Waals surface area (Å²) in [5.74, 6) is 0.897. The number of halogens is 1. The molecule has 0 fully saturated rings. The maximum absolute atomic E-state index is 5.11. The van der Waals surface area contributed by atoms with E-state index in [0.717, 1.165) is 23.1 Å². The van der Waals surface area contributed by atoms with Crippen molar-refractivity contribution in [2.45, 2.75) is 0 Å². The van der Waals surface area contributed by atoms with E-state index >= 15 is 0 Å². The third-order valence-corrected chi connectivity index (χ3v) is 1.89. The molecule has 1 nitrogen and oxygen atoms in total. The summed E-state index contributed by atoms with van der Waals surface area (Å²) in [6.07, 6.45) is 0. The Bertz CT molecular complexity index is 403. The number of hydrogen-bond acceptors (Lipinski definition) is 1. The summed E-state index contributed by atoms with van der Waals surface area (Å²) in [7, 11) is 6.44. The molecule has 0 aliphatic rings. The van der Waals surface area contributed by atoms with Crippen LogP contribution in [0.3, 0.4) is 0 Å². The molecule has 0 aliphatic heterocycles. The molecule has 0 aromatic heterocycles. The fourth-order valence-electron chi connectivity index (χ4n) is 1.23. The standard InChI is InChI=1S/C11H9O.ClH.Zn/c1-12-11-7-6-9-4-2-3-5-10(9)8-11;;/h3-8H,1H3;1H;/q-1;;+2/p-1.